The summed E-state index contributed by atoms with van der Waals surface area (Å²) in [6, 6.07) is 0.357. The summed E-state index contributed by atoms with van der Waals surface area (Å²) in [5.41, 5.74) is 0.330. The van der Waals surface area contributed by atoms with E-state index >= 15 is 0 Å². The maximum atomic E-state index is 11.7. The van der Waals surface area contributed by atoms with Crippen LogP contribution in [-0.2, 0) is 9.53 Å². The zero-order chi connectivity index (χ0) is 13.2. The predicted molar refractivity (Wildman–Crippen MR) is 71.4 cm³/mol. The predicted octanol–water partition coefficient (Wildman–Crippen LogP) is 1.45. The van der Waals surface area contributed by atoms with Gasteiger partial charge in [-0.25, -0.2) is 0 Å². The Bertz CT molecular complexity index is 302. The fourth-order valence-electron chi connectivity index (χ4n) is 3.38. The molecule has 3 atom stereocenters. The van der Waals surface area contributed by atoms with Crippen LogP contribution in [0.5, 0.6) is 0 Å². The van der Waals surface area contributed by atoms with E-state index in [-0.39, 0.29) is 11.9 Å². The molecular weight excluding hydrogens is 228 g/mol. The summed E-state index contributed by atoms with van der Waals surface area (Å²) in [6.45, 7) is 7.45. The van der Waals surface area contributed by atoms with Gasteiger partial charge in [0.15, 0.2) is 0 Å². The average Bonchev–Trinajstić information content (AvgIpc) is 2.25. The number of carbonyl (C=O) groups is 1. The maximum Gasteiger partial charge on any atom is 0.236 e. The van der Waals surface area contributed by atoms with Crippen molar-refractivity contribution < 1.29 is 9.53 Å². The lowest BCUT2D eigenvalue weighted by Crippen LogP contribution is -2.69. The number of rotatable bonds is 6. The number of hydrogen-bond donors (Lipinski definition) is 2. The van der Waals surface area contributed by atoms with Crippen LogP contribution in [0.25, 0.3) is 0 Å². The number of hydrogen-bond acceptors (Lipinski definition) is 3. The molecule has 0 aromatic rings. The number of ether oxygens (including phenoxy) is 1. The van der Waals surface area contributed by atoms with E-state index in [1.165, 1.54) is 19.3 Å². The van der Waals surface area contributed by atoms with Crippen LogP contribution < -0.4 is 10.6 Å². The number of nitrogens with one attached hydrogen (secondary N) is 2. The highest BCUT2D eigenvalue weighted by Crippen LogP contribution is 2.57. The van der Waals surface area contributed by atoms with Crippen LogP contribution in [0.3, 0.4) is 0 Å². The normalized spacial score (nSPS) is 30.4. The minimum absolute atomic E-state index is 0.102. The van der Waals surface area contributed by atoms with Crippen molar-refractivity contribution in [2.75, 3.05) is 13.2 Å². The quantitative estimate of drug-likeness (QED) is 0.754. The van der Waals surface area contributed by atoms with Gasteiger partial charge in [-0.2, -0.15) is 0 Å². The molecule has 0 aliphatic heterocycles. The third kappa shape index (κ3) is 2.28. The molecular formula is C14H26N2O2. The molecule has 3 unspecified atom stereocenters. The lowest BCUT2D eigenvalue weighted by Gasteiger charge is -2.61. The molecule has 0 aromatic carbocycles. The summed E-state index contributed by atoms with van der Waals surface area (Å²) in [5, 5.41) is 6.36. The third-order valence-electron chi connectivity index (χ3n) is 4.63. The van der Waals surface area contributed by atoms with Gasteiger partial charge in [0.1, 0.15) is 0 Å². The smallest absolute Gasteiger partial charge is 0.236 e. The first-order chi connectivity index (χ1) is 8.64. The van der Waals surface area contributed by atoms with Gasteiger partial charge in [0, 0.05) is 24.6 Å². The van der Waals surface area contributed by atoms with Gasteiger partial charge in [-0.05, 0) is 40.0 Å². The second kappa shape index (κ2) is 5.57. The lowest BCUT2D eigenvalue weighted by molar-refractivity contribution is -0.175. The first kappa shape index (κ1) is 13.8. The topological polar surface area (TPSA) is 50.4 Å². The van der Waals surface area contributed by atoms with E-state index in [0.717, 1.165) is 13.0 Å². The number of likely N-dealkylation sites (N-methyl/N-ethyl adjacent to an activating group) is 1. The fraction of sp³-hybridized carbons (Fsp3) is 0.929. The summed E-state index contributed by atoms with van der Waals surface area (Å²) in [7, 11) is 0. The summed E-state index contributed by atoms with van der Waals surface area (Å²) < 4.78 is 5.81. The Kier molecular flexibility index (Phi) is 4.28. The Balaban J connectivity index is 1.86. The maximum absolute atomic E-state index is 11.7. The highest BCUT2D eigenvalue weighted by molar-refractivity contribution is 5.81. The Morgan fingerprint density at radius 1 is 1.44 bits per heavy atom. The van der Waals surface area contributed by atoms with Gasteiger partial charge >= 0.3 is 0 Å². The van der Waals surface area contributed by atoms with Crippen molar-refractivity contribution in [2.45, 2.75) is 64.6 Å². The zero-order valence-corrected chi connectivity index (χ0v) is 11.8. The standard InChI is InChI=1S/C14H26N2O2/c1-4-15-13(17)10(3)16-11-9-12(18-5-2)14(11)7-6-8-14/h10-12,16H,4-9H2,1-3H3,(H,15,17). The molecule has 2 fully saturated rings. The van der Waals surface area contributed by atoms with Crippen LogP contribution in [0, 0.1) is 5.41 Å². The molecule has 104 valence electrons. The number of amides is 1. The van der Waals surface area contributed by atoms with Gasteiger partial charge in [0.25, 0.3) is 0 Å². The molecule has 0 radical (unpaired) electrons. The summed E-state index contributed by atoms with van der Waals surface area (Å²) >= 11 is 0. The summed E-state index contributed by atoms with van der Waals surface area (Å²) in [6.07, 6.45) is 5.26. The molecule has 4 nitrogen and oxygen atoms in total. The van der Waals surface area contributed by atoms with Crippen LogP contribution in [0.15, 0.2) is 0 Å². The summed E-state index contributed by atoms with van der Waals surface area (Å²) in [5.74, 6) is 0.104. The molecule has 0 heterocycles. The van der Waals surface area contributed by atoms with Gasteiger partial charge < -0.3 is 15.4 Å². The van der Waals surface area contributed by atoms with Crippen molar-refractivity contribution in [3.8, 4) is 0 Å². The molecule has 0 bridgehead atoms. The Morgan fingerprint density at radius 3 is 2.67 bits per heavy atom. The molecule has 4 heteroatoms. The van der Waals surface area contributed by atoms with Crippen LogP contribution in [0.4, 0.5) is 0 Å². The molecule has 2 aliphatic carbocycles. The molecule has 1 amide bonds. The van der Waals surface area contributed by atoms with Crippen molar-refractivity contribution in [3.05, 3.63) is 0 Å². The van der Waals surface area contributed by atoms with Crippen LogP contribution in [0.2, 0.25) is 0 Å². The highest BCUT2D eigenvalue weighted by Gasteiger charge is 2.59. The van der Waals surface area contributed by atoms with E-state index in [9.17, 15) is 4.79 Å². The molecule has 0 aromatic heterocycles. The van der Waals surface area contributed by atoms with E-state index in [1.54, 1.807) is 0 Å². The summed E-state index contributed by atoms with van der Waals surface area (Å²) in [4.78, 5) is 11.7. The highest BCUT2D eigenvalue weighted by atomic mass is 16.5. The van der Waals surface area contributed by atoms with Gasteiger partial charge in [-0.15, -0.1) is 0 Å². The van der Waals surface area contributed by atoms with E-state index in [4.69, 9.17) is 4.74 Å². The van der Waals surface area contributed by atoms with Crippen molar-refractivity contribution >= 4 is 5.91 Å². The molecule has 2 N–H and O–H groups in total. The molecule has 0 saturated heterocycles. The Morgan fingerprint density at radius 2 is 2.17 bits per heavy atom. The van der Waals surface area contributed by atoms with Crippen molar-refractivity contribution in [3.63, 3.8) is 0 Å². The Hall–Kier alpha value is -0.610. The van der Waals surface area contributed by atoms with Crippen LogP contribution in [0.1, 0.15) is 46.5 Å². The first-order valence-corrected chi connectivity index (χ1v) is 7.29. The largest absolute Gasteiger partial charge is 0.378 e. The van der Waals surface area contributed by atoms with Gasteiger partial charge in [-0.3, -0.25) is 4.79 Å². The van der Waals surface area contributed by atoms with E-state index < -0.39 is 0 Å². The molecule has 1 spiro atoms. The van der Waals surface area contributed by atoms with E-state index in [2.05, 4.69) is 17.6 Å². The second-order valence-electron chi connectivity index (χ2n) is 5.60. The Labute approximate surface area is 110 Å². The molecule has 2 aliphatic rings. The minimum atomic E-state index is -0.102. The zero-order valence-electron chi connectivity index (χ0n) is 11.8. The first-order valence-electron chi connectivity index (χ1n) is 7.29. The number of carbonyl (C=O) groups excluding carboxylic acids is 1. The van der Waals surface area contributed by atoms with Gasteiger partial charge in [-0.1, -0.05) is 6.42 Å². The minimum Gasteiger partial charge on any atom is -0.378 e. The SMILES string of the molecule is CCNC(=O)C(C)NC1CC(OCC)C12CCC2. The molecule has 2 saturated carbocycles. The van der Waals surface area contributed by atoms with E-state index in [1.807, 2.05) is 13.8 Å². The van der Waals surface area contributed by atoms with Gasteiger partial charge in [0.2, 0.25) is 5.91 Å². The average molecular weight is 254 g/mol. The van der Waals surface area contributed by atoms with Crippen LogP contribution >= 0.6 is 0 Å². The van der Waals surface area contributed by atoms with Crippen molar-refractivity contribution in [1.29, 1.82) is 0 Å². The molecule has 18 heavy (non-hydrogen) atoms. The fourth-order valence-corrected chi connectivity index (χ4v) is 3.38. The van der Waals surface area contributed by atoms with Crippen LogP contribution in [-0.4, -0.2) is 37.2 Å². The van der Waals surface area contributed by atoms with Gasteiger partial charge in [0.05, 0.1) is 12.1 Å². The van der Waals surface area contributed by atoms with Crippen molar-refractivity contribution in [2.24, 2.45) is 5.41 Å². The lowest BCUT2D eigenvalue weighted by atomic mass is 9.51. The third-order valence-corrected chi connectivity index (χ3v) is 4.63. The monoisotopic (exact) mass is 254 g/mol. The van der Waals surface area contributed by atoms with Crippen molar-refractivity contribution in [1.82, 2.24) is 10.6 Å². The second-order valence-corrected chi connectivity index (χ2v) is 5.60. The van der Waals surface area contributed by atoms with E-state index in [0.29, 0.717) is 24.1 Å². The molecule has 2 rings (SSSR count).